The van der Waals surface area contributed by atoms with Crippen molar-refractivity contribution in [3.05, 3.63) is 45.9 Å². The molecule has 0 aliphatic heterocycles. The van der Waals surface area contributed by atoms with Gasteiger partial charge in [-0.3, -0.25) is 24.1 Å². The number of aliphatic hydroxyl groups excluding tert-OH is 3. The number of carbonyl (C=O) groups excluding carboxylic acids is 4. The monoisotopic (exact) mass is 579 g/mol. The van der Waals surface area contributed by atoms with E-state index in [0.29, 0.717) is 5.56 Å². The van der Waals surface area contributed by atoms with Crippen molar-refractivity contribution in [3.8, 4) is 5.75 Å². The van der Waals surface area contributed by atoms with Gasteiger partial charge in [0, 0.05) is 11.5 Å². The van der Waals surface area contributed by atoms with Crippen LogP contribution in [0.5, 0.6) is 5.75 Å². The third kappa shape index (κ3) is 3.84. The Labute approximate surface area is 219 Å². The molecule has 3 unspecified atom stereocenters. The number of primary amides is 1. The van der Waals surface area contributed by atoms with Crippen LogP contribution in [0.15, 0.2) is 34.8 Å². The lowest BCUT2D eigenvalue weighted by Gasteiger charge is -2.50. The van der Waals surface area contributed by atoms with Crippen LogP contribution in [0.25, 0.3) is 0 Å². The highest BCUT2D eigenvalue weighted by molar-refractivity contribution is 9.10. The minimum absolute atomic E-state index is 0.0211. The molecule has 5 atom stereocenters. The van der Waals surface area contributed by atoms with Crippen molar-refractivity contribution < 1.29 is 44.7 Å². The Morgan fingerprint density at radius 2 is 1.89 bits per heavy atom. The first-order valence-electron chi connectivity index (χ1n) is 11.3. The number of likely N-dealkylation sites (N-methyl/N-ethyl adjacent to an activating group) is 1. The van der Waals surface area contributed by atoms with Crippen molar-refractivity contribution in [1.82, 2.24) is 4.90 Å². The summed E-state index contributed by atoms with van der Waals surface area (Å²) in [4.78, 5) is 51.5. The van der Waals surface area contributed by atoms with E-state index in [9.17, 15) is 39.6 Å². The molecule has 3 aliphatic carbocycles. The number of aliphatic hydroxyl groups is 4. The standard InChI is InChI=1S/C24H26BrN3O9/c1-28(2)16-10-6-9-5-8-3-4-12(27-23(36)11(25)7-29)17(30)13(8)18(31)14(9)20(33)24(10,37)21(34)15(19(16)32)22(26)35/h3-4,9-11,16,29-30,32-33,37H,5-7H2,1-2H3,(H2,26,35)(H,27,36)/t9?,10?,11?,16-,24-/m0/s1. The number of anilines is 1. The second-order valence-corrected chi connectivity index (χ2v) is 10.7. The van der Waals surface area contributed by atoms with E-state index < -0.39 is 81.1 Å². The minimum atomic E-state index is -2.73. The van der Waals surface area contributed by atoms with Crippen LogP contribution in [0.3, 0.4) is 0 Å². The predicted molar refractivity (Wildman–Crippen MR) is 132 cm³/mol. The zero-order chi connectivity index (χ0) is 27.6. The molecule has 8 N–H and O–H groups in total. The van der Waals surface area contributed by atoms with Crippen LogP contribution in [-0.4, -0.2) is 91.0 Å². The van der Waals surface area contributed by atoms with Crippen LogP contribution in [0.1, 0.15) is 22.3 Å². The summed E-state index contributed by atoms with van der Waals surface area (Å²) in [5, 5.41) is 56.0. The number of rotatable bonds is 5. The molecule has 13 heteroatoms. The second kappa shape index (κ2) is 9.24. The fourth-order valence-corrected chi connectivity index (χ4v) is 5.73. The molecule has 37 heavy (non-hydrogen) atoms. The number of alkyl halides is 1. The Bertz CT molecular complexity index is 1300. The van der Waals surface area contributed by atoms with E-state index in [1.807, 2.05) is 0 Å². The number of benzene rings is 1. The van der Waals surface area contributed by atoms with Gasteiger partial charge in [-0.1, -0.05) is 22.0 Å². The van der Waals surface area contributed by atoms with E-state index in [0.717, 1.165) is 0 Å². The fraction of sp³-hybridized carbons (Fsp3) is 0.417. The van der Waals surface area contributed by atoms with Crippen molar-refractivity contribution in [1.29, 1.82) is 0 Å². The van der Waals surface area contributed by atoms with Crippen molar-refractivity contribution in [2.24, 2.45) is 17.6 Å². The summed E-state index contributed by atoms with van der Waals surface area (Å²) in [6.07, 6.45) is 0.112. The number of phenols is 1. The maximum Gasteiger partial charge on any atom is 0.255 e. The number of fused-ring (bicyclic) bond motifs is 3. The Morgan fingerprint density at radius 3 is 2.46 bits per heavy atom. The number of amides is 2. The summed E-state index contributed by atoms with van der Waals surface area (Å²) in [5.41, 5.74) is 1.47. The zero-order valence-corrected chi connectivity index (χ0v) is 21.4. The van der Waals surface area contributed by atoms with Gasteiger partial charge in [-0.15, -0.1) is 0 Å². The number of ketones is 2. The van der Waals surface area contributed by atoms with Gasteiger partial charge in [0.15, 0.2) is 17.1 Å². The molecule has 198 valence electrons. The number of hydrogen-bond acceptors (Lipinski definition) is 10. The summed E-state index contributed by atoms with van der Waals surface area (Å²) in [6.45, 7) is -0.516. The Morgan fingerprint density at radius 1 is 1.24 bits per heavy atom. The third-order valence-corrected chi connectivity index (χ3v) is 8.00. The molecule has 0 fully saturated rings. The van der Waals surface area contributed by atoms with E-state index in [-0.39, 0.29) is 29.7 Å². The average molecular weight is 580 g/mol. The molecule has 0 spiro atoms. The number of phenolic OH excluding ortho intramolecular Hbond substituents is 1. The normalized spacial score (nSPS) is 28.0. The van der Waals surface area contributed by atoms with E-state index in [1.165, 1.54) is 17.0 Å². The minimum Gasteiger partial charge on any atom is -0.510 e. The summed E-state index contributed by atoms with van der Waals surface area (Å²) < 4.78 is 0. The van der Waals surface area contributed by atoms with Gasteiger partial charge in [0.25, 0.3) is 5.91 Å². The van der Waals surface area contributed by atoms with Gasteiger partial charge in [-0.05, 0) is 44.5 Å². The summed E-state index contributed by atoms with van der Waals surface area (Å²) in [7, 11) is 3.10. The highest BCUT2D eigenvalue weighted by atomic mass is 79.9. The lowest BCUT2D eigenvalue weighted by molar-refractivity contribution is -0.148. The molecule has 0 saturated heterocycles. The molecule has 0 heterocycles. The highest BCUT2D eigenvalue weighted by Gasteiger charge is 2.63. The molecular formula is C24H26BrN3O9. The molecule has 1 aromatic carbocycles. The van der Waals surface area contributed by atoms with Gasteiger partial charge in [-0.25, -0.2) is 0 Å². The summed E-state index contributed by atoms with van der Waals surface area (Å²) in [6, 6.07) is 1.85. The maximum absolute atomic E-state index is 13.6. The van der Waals surface area contributed by atoms with Gasteiger partial charge in [0.05, 0.1) is 23.9 Å². The zero-order valence-electron chi connectivity index (χ0n) is 19.9. The van der Waals surface area contributed by atoms with Crippen LogP contribution < -0.4 is 11.1 Å². The van der Waals surface area contributed by atoms with Gasteiger partial charge >= 0.3 is 0 Å². The van der Waals surface area contributed by atoms with Gasteiger partial charge in [0.2, 0.25) is 11.7 Å². The van der Waals surface area contributed by atoms with E-state index in [4.69, 9.17) is 10.8 Å². The van der Waals surface area contributed by atoms with Crippen molar-refractivity contribution >= 4 is 45.0 Å². The van der Waals surface area contributed by atoms with Crippen LogP contribution in [-0.2, 0) is 20.8 Å². The predicted octanol–water partition coefficient (Wildman–Crippen LogP) is -0.185. The van der Waals surface area contributed by atoms with E-state index >= 15 is 0 Å². The van der Waals surface area contributed by atoms with Crippen molar-refractivity contribution in [2.75, 3.05) is 26.0 Å². The molecule has 12 nitrogen and oxygen atoms in total. The van der Waals surface area contributed by atoms with Gasteiger partial charge in [0.1, 0.15) is 21.9 Å². The molecule has 2 amide bonds. The lowest BCUT2D eigenvalue weighted by atomic mass is 9.58. The van der Waals surface area contributed by atoms with Crippen molar-refractivity contribution in [3.63, 3.8) is 0 Å². The fourth-order valence-electron chi connectivity index (χ4n) is 5.62. The molecule has 4 rings (SSSR count). The van der Waals surface area contributed by atoms with Crippen LogP contribution in [0.2, 0.25) is 0 Å². The van der Waals surface area contributed by atoms with Crippen LogP contribution in [0.4, 0.5) is 5.69 Å². The molecular weight excluding hydrogens is 554 g/mol. The number of allylic oxidation sites excluding steroid dienone is 1. The SMILES string of the molecule is CN(C)[C@@H]1C(O)=C(C(N)=O)C(=O)[C@@]2(O)C(O)=C3C(=O)c4c(ccc(NC(=O)C(Br)CO)c4O)CC3CC12. The number of Topliss-reactive ketones (excluding diaryl/α,β-unsaturated/α-hetero) is 2. The average Bonchev–Trinajstić information content (AvgIpc) is 2.82. The molecule has 0 saturated carbocycles. The maximum atomic E-state index is 13.6. The number of aromatic hydroxyl groups is 1. The molecule has 0 aromatic heterocycles. The Hall–Kier alpha value is -3.26. The summed E-state index contributed by atoms with van der Waals surface area (Å²) >= 11 is 2.97. The van der Waals surface area contributed by atoms with Crippen molar-refractivity contribution in [2.45, 2.75) is 29.3 Å². The van der Waals surface area contributed by atoms with Crippen LogP contribution in [0, 0.1) is 11.8 Å². The summed E-state index contributed by atoms with van der Waals surface area (Å²) in [5.74, 6) is -8.15. The molecule has 0 radical (unpaired) electrons. The topological polar surface area (TPSA) is 211 Å². The van der Waals surface area contributed by atoms with E-state index in [2.05, 4.69) is 21.2 Å². The molecule has 3 aliphatic rings. The number of halogens is 1. The Kier molecular flexibility index (Phi) is 6.69. The lowest BCUT2D eigenvalue weighted by Crippen LogP contribution is -2.63. The first-order chi connectivity index (χ1) is 17.3. The smallest absolute Gasteiger partial charge is 0.255 e. The number of nitrogens with zero attached hydrogens (tertiary/aromatic N) is 1. The quantitative estimate of drug-likeness (QED) is 0.139. The first-order valence-corrected chi connectivity index (χ1v) is 12.2. The number of nitrogens with two attached hydrogens (primary N) is 1. The second-order valence-electron chi connectivity index (χ2n) is 9.60. The highest BCUT2D eigenvalue weighted by Crippen LogP contribution is 2.52. The van der Waals surface area contributed by atoms with E-state index in [1.54, 1.807) is 14.1 Å². The van der Waals surface area contributed by atoms with Crippen LogP contribution >= 0.6 is 15.9 Å². The number of carbonyl (C=O) groups is 4. The number of nitrogens with one attached hydrogen (secondary N) is 1. The number of hydrogen-bond donors (Lipinski definition) is 7. The third-order valence-electron chi connectivity index (χ3n) is 7.30. The molecule has 1 aromatic rings. The first kappa shape index (κ1) is 26.8. The Balaban J connectivity index is 1.86. The largest absolute Gasteiger partial charge is 0.510 e. The van der Waals surface area contributed by atoms with Gasteiger partial charge < -0.3 is 36.6 Å². The molecule has 0 bridgehead atoms. The van der Waals surface area contributed by atoms with Gasteiger partial charge in [-0.2, -0.15) is 0 Å².